The highest BCUT2D eigenvalue weighted by molar-refractivity contribution is 5.85. The number of nitrogens with zero attached hydrogens (tertiary/aromatic N) is 2. The number of hydrogen-bond donors (Lipinski definition) is 1. The fourth-order valence-corrected chi connectivity index (χ4v) is 2.96. The molecule has 1 unspecified atom stereocenters. The largest absolute Gasteiger partial charge is 0.493 e. The van der Waals surface area contributed by atoms with Crippen molar-refractivity contribution in [3.63, 3.8) is 0 Å². The molecular weight excluding hydrogens is 388 g/mol. The Labute approximate surface area is 172 Å². The molecule has 1 aromatic rings. The van der Waals surface area contributed by atoms with Crippen molar-refractivity contribution in [2.24, 2.45) is 0 Å². The van der Waals surface area contributed by atoms with Crippen LogP contribution in [0.3, 0.4) is 0 Å². The topological polar surface area (TPSA) is 80.7 Å². The average Bonchev–Trinajstić information content (AvgIpc) is 2.68. The van der Waals surface area contributed by atoms with Crippen molar-refractivity contribution in [1.29, 1.82) is 0 Å². The maximum absolute atomic E-state index is 11.7. The zero-order valence-electron chi connectivity index (χ0n) is 16.8. The molecule has 28 heavy (non-hydrogen) atoms. The summed E-state index contributed by atoms with van der Waals surface area (Å²) >= 11 is 0. The molecule has 0 spiro atoms. The molecule has 1 aliphatic rings. The lowest BCUT2D eigenvalue weighted by atomic mass is 10.2. The number of methoxy groups -OCH3 is 2. The molecule has 9 heteroatoms. The van der Waals surface area contributed by atoms with Crippen molar-refractivity contribution in [1.82, 2.24) is 9.80 Å². The first-order valence-corrected chi connectivity index (χ1v) is 9.18. The van der Waals surface area contributed by atoms with Gasteiger partial charge in [-0.3, -0.25) is 4.90 Å². The van der Waals surface area contributed by atoms with Gasteiger partial charge in [-0.05, 0) is 24.6 Å². The van der Waals surface area contributed by atoms with Gasteiger partial charge in [-0.2, -0.15) is 0 Å². The number of hydrogen-bond acceptors (Lipinski definition) is 7. The monoisotopic (exact) mass is 418 g/mol. The molecule has 2 rings (SSSR count). The van der Waals surface area contributed by atoms with Crippen LogP contribution in [0.25, 0.3) is 0 Å². The Morgan fingerprint density at radius 1 is 1.14 bits per heavy atom. The van der Waals surface area contributed by atoms with Crippen LogP contribution in [0.4, 0.5) is 4.79 Å². The van der Waals surface area contributed by atoms with Gasteiger partial charge in [0, 0.05) is 32.7 Å². The Kier molecular flexibility index (Phi) is 11.0. The van der Waals surface area contributed by atoms with Crippen LogP contribution >= 0.6 is 12.4 Å². The van der Waals surface area contributed by atoms with E-state index in [1.54, 1.807) is 26.0 Å². The molecule has 1 aromatic carbocycles. The maximum atomic E-state index is 11.7. The highest BCUT2D eigenvalue weighted by Crippen LogP contribution is 2.27. The number of carbonyl (C=O) groups excluding carboxylic acids is 1. The lowest BCUT2D eigenvalue weighted by molar-refractivity contribution is 0.00116. The lowest BCUT2D eigenvalue weighted by Gasteiger charge is -2.34. The molecule has 1 heterocycles. The quantitative estimate of drug-likeness (QED) is 0.654. The fourth-order valence-electron chi connectivity index (χ4n) is 2.96. The van der Waals surface area contributed by atoms with E-state index in [0.717, 1.165) is 5.56 Å². The average molecular weight is 419 g/mol. The Bertz CT molecular complexity index is 596. The van der Waals surface area contributed by atoms with Crippen molar-refractivity contribution in [3.8, 4) is 11.5 Å². The van der Waals surface area contributed by atoms with Gasteiger partial charge in [0.15, 0.2) is 11.5 Å². The number of halogens is 1. The van der Waals surface area contributed by atoms with Crippen LogP contribution in [0, 0.1) is 0 Å². The molecule has 0 bridgehead atoms. The SMILES string of the molecule is CCOC(=O)N1CCN(CC(O)COCc2ccc(OC)c(OC)c2)CC1.Cl. The van der Waals surface area contributed by atoms with Gasteiger partial charge in [-0.15, -0.1) is 12.4 Å². The number of piperazine rings is 1. The van der Waals surface area contributed by atoms with E-state index in [9.17, 15) is 9.90 Å². The molecule has 160 valence electrons. The van der Waals surface area contributed by atoms with E-state index >= 15 is 0 Å². The number of aliphatic hydroxyl groups is 1. The molecule has 8 nitrogen and oxygen atoms in total. The summed E-state index contributed by atoms with van der Waals surface area (Å²) in [5, 5.41) is 10.2. The summed E-state index contributed by atoms with van der Waals surface area (Å²) in [6, 6.07) is 5.60. The van der Waals surface area contributed by atoms with Gasteiger partial charge in [0.05, 0.1) is 40.1 Å². The number of rotatable bonds is 9. The number of ether oxygens (including phenoxy) is 4. The molecule has 0 radical (unpaired) electrons. The third-order valence-corrected chi connectivity index (χ3v) is 4.39. The van der Waals surface area contributed by atoms with Crippen molar-refractivity contribution in [2.45, 2.75) is 19.6 Å². The van der Waals surface area contributed by atoms with Gasteiger partial charge in [0.1, 0.15) is 0 Å². The second-order valence-electron chi connectivity index (χ2n) is 6.34. The van der Waals surface area contributed by atoms with Gasteiger partial charge in [-0.25, -0.2) is 4.79 Å². The van der Waals surface area contributed by atoms with Gasteiger partial charge in [0.25, 0.3) is 0 Å². The number of benzene rings is 1. The van der Waals surface area contributed by atoms with Crippen molar-refractivity contribution in [3.05, 3.63) is 23.8 Å². The second-order valence-corrected chi connectivity index (χ2v) is 6.34. The molecule has 0 aliphatic carbocycles. The predicted octanol–water partition coefficient (Wildman–Crippen LogP) is 1.78. The van der Waals surface area contributed by atoms with Crippen molar-refractivity contribution >= 4 is 18.5 Å². The summed E-state index contributed by atoms with van der Waals surface area (Å²) in [4.78, 5) is 15.5. The molecule has 1 atom stereocenters. The van der Waals surface area contributed by atoms with Crippen molar-refractivity contribution < 1.29 is 28.8 Å². The van der Waals surface area contributed by atoms with E-state index in [1.807, 2.05) is 18.2 Å². The van der Waals surface area contributed by atoms with Crippen LogP contribution in [0.5, 0.6) is 11.5 Å². The summed E-state index contributed by atoms with van der Waals surface area (Å²) < 4.78 is 21.1. The van der Waals surface area contributed by atoms with Crippen LogP contribution in [0.1, 0.15) is 12.5 Å². The van der Waals surface area contributed by atoms with Gasteiger partial charge < -0.3 is 29.0 Å². The normalized spacial score (nSPS) is 15.5. The van der Waals surface area contributed by atoms with Gasteiger partial charge >= 0.3 is 6.09 Å². The van der Waals surface area contributed by atoms with Crippen LogP contribution in [-0.4, -0.2) is 87.3 Å². The molecule has 0 saturated carbocycles. The molecular formula is C19H31ClN2O6. The van der Waals surface area contributed by atoms with Crippen LogP contribution in [-0.2, 0) is 16.1 Å². The van der Waals surface area contributed by atoms with E-state index in [2.05, 4.69) is 4.90 Å². The summed E-state index contributed by atoms with van der Waals surface area (Å²) in [5.74, 6) is 1.32. The second kappa shape index (κ2) is 12.7. The number of aliphatic hydroxyl groups excluding tert-OH is 1. The van der Waals surface area contributed by atoms with E-state index in [0.29, 0.717) is 57.4 Å². The minimum atomic E-state index is -0.584. The Balaban J connectivity index is 0.00000392. The molecule has 1 amide bonds. The standard InChI is InChI=1S/C19H30N2O6.ClH/c1-4-27-19(23)21-9-7-20(8-10-21)12-16(22)14-26-13-15-5-6-17(24-2)18(11-15)25-3;/h5-6,11,16,22H,4,7-10,12-14H2,1-3H3;1H. The minimum absolute atomic E-state index is 0. The summed E-state index contributed by atoms with van der Waals surface area (Å²) in [7, 11) is 3.19. The lowest BCUT2D eigenvalue weighted by Crippen LogP contribution is -2.50. The molecule has 1 N–H and O–H groups in total. The van der Waals surface area contributed by atoms with E-state index < -0.39 is 6.10 Å². The van der Waals surface area contributed by atoms with E-state index in [4.69, 9.17) is 18.9 Å². The highest BCUT2D eigenvalue weighted by Gasteiger charge is 2.23. The Hall–Kier alpha value is -1.74. The molecule has 1 fully saturated rings. The number of carbonyl (C=O) groups is 1. The first-order valence-electron chi connectivity index (χ1n) is 9.18. The first kappa shape index (κ1) is 24.3. The first-order chi connectivity index (χ1) is 13.1. The van der Waals surface area contributed by atoms with Gasteiger partial charge in [0.2, 0.25) is 0 Å². The summed E-state index contributed by atoms with van der Waals surface area (Å²) in [5.41, 5.74) is 0.947. The predicted molar refractivity (Wildman–Crippen MR) is 107 cm³/mol. The third kappa shape index (κ3) is 7.35. The smallest absolute Gasteiger partial charge is 0.409 e. The number of β-amino-alcohol motifs (C(OH)–C–C–N with tert-alkyl or cyclic N) is 1. The van der Waals surface area contributed by atoms with Crippen LogP contribution < -0.4 is 9.47 Å². The highest BCUT2D eigenvalue weighted by atomic mass is 35.5. The number of amides is 1. The summed E-state index contributed by atoms with van der Waals surface area (Å²) in [6.45, 7) is 5.97. The zero-order chi connectivity index (χ0) is 19.6. The van der Waals surface area contributed by atoms with E-state index in [-0.39, 0.29) is 25.1 Å². The fraction of sp³-hybridized carbons (Fsp3) is 0.632. The molecule has 0 aromatic heterocycles. The van der Waals surface area contributed by atoms with Crippen LogP contribution in [0.2, 0.25) is 0 Å². The molecule has 1 aliphatic heterocycles. The molecule has 1 saturated heterocycles. The summed E-state index contributed by atoms with van der Waals surface area (Å²) in [6.07, 6.45) is -0.852. The Morgan fingerprint density at radius 3 is 2.43 bits per heavy atom. The Morgan fingerprint density at radius 2 is 1.82 bits per heavy atom. The zero-order valence-corrected chi connectivity index (χ0v) is 17.6. The van der Waals surface area contributed by atoms with Gasteiger partial charge in [-0.1, -0.05) is 6.07 Å². The van der Waals surface area contributed by atoms with E-state index in [1.165, 1.54) is 0 Å². The maximum Gasteiger partial charge on any atom is 0.409 e. The third-order valence-electron chi connectivity index (χ3n) is 4.39. The van der Waals surface area contributed by atoms with Crippen molar-refractivity contribution in [2.75, 3.05) is 60.2 Å². The minimum Gasteiger partial charge on any atom is -0.493 e. The van der Waals surface area contributed by atoms with Crippen LogP contribution in [0.15, 0.2) is 18.2 Å².